The van der Waals surface area contributed by atoms with Gasteiger partial charge in [-0.25, -0.2) is 4.79 Å². The summed E-state index contributed by atoms with van der Waals surface area (Å²) in [6.45, 7) is 2.08. The van der Waals surface area contributed by atoms with Crippen molar-refractivity contribution in [2.75, 3.05) is 7.11 Å². The number of hydrogen-bond donors (Lipinski definition) is 0. The molecule has 12 heavy (non-hydrogen) atoms. The fourth-order valence-electron chi connectivity index (χ4n) is 2.62. The Morgan fingerprint density at radius 3 is 2.58 bits per heavy atom. The van der Waals surface area contributed by atoms with Crippen LogP contribution in [0.2, 0.25) is 0 Å². The molecule has 0 heterocycles. The van der Waals surface area contributed by atoms with E-state index in [1.165, 1.54) is 31.9 Å². The van der Waals surface area contributed by atoms with Crippen molar-refractivity contribution in [3.8, 4) is 0 Å². The molecule has 2 heteroatoms. The zero-order valence-corrected chi connectivity index (χ0v) is 7.59. The van der Waals surface area contributed by atoms with Crippen LogP contribution < -0.4 is 0 Å². The number of ether oxygens (including phenoxy) is 1. The van der Waals surface area contributed by atoms with E-state index in [1.807, 2.05) is 0 Å². The van der Waals surface area contributed by atoms with E-state index < -0.39 is 0 Å². The second-order valence-corrected chi connectivity index (χ2v) is 3.80. The Morgan fingerprint density at radius 1 is 1.42 bits per heavy atom. The van der Waals surface area contributed by atoms with Gasteiger partial charge in [-0.3, -0.25) is 0 Å². The maximum atomic E-state index is 11.3. The summed E-state index contributed by atoms with van der Waals surface area (Å²) in [5.41, 5.74) is 2.27. The number of allylic oxidation sites excluding steroid dienone is 1. The molecule has 2 aliphatic carbocycles. The average molecular weight is 166 g/mol. The first kappa shape index (κ1) is 7.84. The predicted molar refractivity (Wildman–Crippen MR) is 45.5 cm³/mol. The van der Waals surface area contributed by atoms with Gasteiger partial charge in [-0.1, -0.05) is 5.57 Å². The van der Waals surface area contributed by atoms with Gasteiger partial charge in [-0.2, -0.15) is 0 Å². The van der Waals surface area contributed by atoms with Crippen molar-refractivity contribution in [3.05, 3.63) is 11.1 Å². The summed E-state index contributed by atoms with van der Waals surface area (Å²) in [6.07, 6.45) is 3.65. The number of esters is 1. The largest absolute Gasteiger partial charge is 0.466 e. The standard InChI is InChI=1S/C10H14O2/c1-6-7-3-4-8(5-7)9(6)10(11)12-2/h7-8H,3-5H2,1-2H3. The Bertz CT molecular complexity index is 253. The van der Waals surface area contributed by atoms with Crippen molar-refractivity contribution in [2.24, 2.45) is 11.8 Å². The van der Waals surface area contributed by atoms with Gasteiger partial charge in [0.15, 0.2) is 0 Å². The van der Waals surface area contributed by atoms with Crippen LogP contribution in [0.1, 0.15) is 26.2 Å². The molecule has 2 aliphatic rings. The highest BCUT2D eigenvalue weighted by Gasteiger charge is 2.40. The van der Waals surface area contributed by atoms with Gasteiger partial charge in [-0.05, 0) is 38.0 Å². The lowest BCUT2D eigenvalue weighted by molar-refractivity contribution is -0.136. The number of methoxy groups -OCH3 is 1. The van der Waals surface area contributed by atoms with Crippen molar-refractivity contribution in [3.63, 3.8) is 0 Å². The number of fused-ring (bicyclic) bond motifs is 2. The SMILES string of the molecule is COC(=O)C1=C(C)C2CCC1C2. The maximum absolute atomic E-state index is 11.3. The van der Waals surface area contributed by atoms with Crippen molar-refractivity contribution >= 4 is 5.97 Å². The van der Waals surface area contributed by atoms with Gasteiger partial charge < -0.3 is 4.74 Å². The minimum Gasteiger partial charge on any atom is -0.466 e. The zero-order valence-electron chi connectivity index (χ0n) is 7.59. The Kier molecular flexibility index (Phi) is 1.71. The highest BCUT2D eigenvalue weighted by molar-refractivity contribution is 5.90. The van der Waals surface area contributed by atoms with E-state index in [4.69, 9.17) is 4.74 Å². The minimum atomic E-state index is -0.0975. The summed E-state index contributed by atoms with van der Waals surface area (Å²) < 4.78 is 4.76. The highest BCUT2D eigenvalue weighted by Crippen LogP contribution is 2.48. The summed E-state index contributed by atoms with van der Waals surface area (Å²) in [5, 5.41) is 0. The second kappa shape index (κ2) is 2.61. The van der Waals surface area contributed by atoms with E-state index in [2.05, 4.69) is 6.92 Å². The van der Waals surface area contributed by atoms with Crippen LogP contribution in [0.5, 0.6) is 0 Å². The number of carbonyl (C=O) groups excluding carboxylic acids is 1. The summed E-state index contributed by atoms with van der Waals surface area (Å²) in [7, 11) is 1.47. The monoisotopic (exact) mass is 166 g/mol. The molecule has 0 saturated heterocycles. The summed E-state index contributed by atoms with van der Waals surface area (Å²) in [6, 6.07) is 0. The molecule has 2 unspecified atom stereocenters. The smallest absolute Gasteiger partial charge is 0.333 e. The Balaban J connectivity index is 2.29. The molecule has 0 spiro atoms. The van der Waals surface area contributed by atoms with Gasteiger partial charge in [0, 0.05) is 5.57 Å². The maximum Gasteiger partial charge on any atom is 0.333 e. The molecule has 0 aromatic rings. The van der Waals surface area contributed by atoms with Crippen LogP contribution in [-0.2, 0) is 9.53 Å². The number of hydrogen-bond acceptors (Lipinski definition) is 2. The van der Waals surface area contributed by atoms with Crippen LogP contribution in [0.25, 0.3) is 0 Å². The van der Waals surface area contributed by atoms with Crippen molar-refractivity contribution in [1.82, 2.24) is 0 Å². The molecule has 2 atom stereocenters. The quantitative estimate of drug-likeness (QED) is 0.556. The fourth-order valence-corrected chi connectivity index (χ4v) is 2.62. The lowest BCUT2D eigenvalue weighted by Crippen LogP contribution is -2.13. The minimum absolute atomic E-state index is 0.0975. The van der Waals surface area contributed by atoms with E-state index in [1.54, 1.807) is 0 Å². The van der Waals surface area contributed by atoms with E-state index in [9.17, 15) is 4.79 Å². The molecule has 0 aromatic carbocycles. The first-order valence-electron chi connectivity index (χ1n) is 4.53. The van der Waals surface area contributed by atoms with Crippen LogP contribution in [0.15, 0.2) is 11.1 Å². The van der Waals surface area contributed by atoms with Crippen LogP contribution in [0.3, 0.4) is 0 Å². The second-order valence-electron chi connectivity index (χ2n) is 3.80. The average Bonchev–Trinajstić information content (AvgIpc) is 2.63. The Morgan fingerprint density at radius 2 is 2.08 bits per heavy atom. The molecular formula is C10H14O2. The Hall–Kier alpha value is -0.790. The molecule has 0 aromatic heterocycles. The van der Waals surface area contributed by atoms with Crippen LogP contribution in [-0.4, -0.2) is 13.1 Å². The lowest BCUT2D eigenvalue weighted by Gasteiger charge is -2.14. The van der Waals surface area contributed by atoms with Gasteiger partial charge in [0.25, 0.3) is 0 Å². The fraction of sp³-hybridized carbons (Fsp3) is 0.700. The molecule has 66 valence electrons. The van der Waals surface area contributed by atoms with E-state index in [-0.39, 0.29) is 5.97 Å². The molecule has 0 aliphatic heterocycles. The van der Waals surface area contributed by atoms with Gasteiger partial charge in [-0.15, -0.1) is 0 Å². The van der Waals surface area contributed by atoms with Crippen molar-refractivity contribution in [2.45, 2.75) is 26.2 Å². The molecule has 1 saturated carbocycles. The van der Waals surface area contributed by atoms with Crippen molar-refractivity contribution < 1.29 is 9.53 Å². The van der Waals surface area contributed by atoms with Gasteiger partial charge in [0.1, 0.15) is 0 Å². The van der Waals surface area contributed by atoms with E-state index in [0.29, 0.717) is 11.8 Å². The summed E-state index contributed by atoms with van der Waals surface area (Å²) >= 11 is 0. The molecule has 2 bridgehead atoms. The van der Waals surface area contributed by atoms with Gasteiger partial charge in [0.2, 0.25) is 0 Å². The van der Waals surface area contributed by atoms with Crippen LogP contribution in [0.4, 0.5) is 0 Å². The molecule has 0 N–H and O–H groups in total. The summed E-state index contributed by atoms with van der Waals surface area (Å²) in [5.74, 6) is 1.10. The molecule has 0 radical (unpaired) electrons. The topological polar surface area (TPSA) is 26.3 Å². The molecule has 1 fully saturated rings. The third kappa shape index (κ3) is 0.904. The molecular weight excluding hydrogens is 152 g/mol. The molecule has 2 nitrogen and oxygen atoms in total. The third-order valence-corrected chi connectivity index (χ3v) is 3.28. The van der Waals surface area contributed by atoms with Crippen LogP contribution in [0, 0.1) is 11.8 Å². The zero-order chi connectivity index (χ0) is 8.72. The number of rotatable bonds is 1. The van der Waals surface area contributed by atoms with Gasteiger partial charge >= 0.3 is 5.97 Å². The number of carbonyl (C=O) groups is 1. The van der Waals surface area contributed by atoms with E-state index >= 15 is 0 Å². The highest BCUT2D eigenvalue weighted by atomic mass is 16.5. The third-order valence-electron chi connectivity index (χ3n) is 3.28. The lowest BCUT2D eigenvalue weighted by atomic mass is 9.93. The van der Waals surface area contributed by atoms with Crippen molar-refractivity contribution in [1.29, 1.82) is 0 Å². The first-order chi connectivity index (χ1) is 5.74. The van der Waals surface area contributed by atoms with Gasteiger partial charge in [0.05, 0.1) is 7.11 Å². The Labute approximate surface area is 72.6 Å². The predicted octanol–water partition coefficient (Wildman–Crippen LogP) is 1.91. The first-order valence-corrected chi connectivity index (χ1v) is 4.53. The normalized spacial score (nSPS) is 32.8. The molecule has 0 amide bonds. The molecule has 2 rings (SSSR count). The van der Waals surface area contributed by atoms with Crippen LogP contribution >= 0.6 is 0 Å². The van der Waals surface area contributed by atoms with E-state index in [0.717, 1.165) is 5.57 Å². The summed E-state index contributed by atoms with van der Waals surface area (Å²) in [4.78, 5) is 11.3.